The molecule has 1 rings (SSSR count). The van der Waals surface area contributed by atoms with Gasteiger partial charge in [-0.25, -0.2) is 9.59 Å². The Labute approximate surface area is 178 Å². The molecule has 176 valence electrons. The second-order valence-corrected chi connectivity index (χ2v) is 8.85. The number of hydrogen-bond acceptors (Lipinski definition) is 6. The zero-order valence-electron chi connectivity index (χ0n) is 18.5. The summed E-state index contributed by atoms with van der Waals surface area (Å²) in [5, 5.41) is 4.73. The minimum atomic E-state index is -1.84. The minimum absolute atomic E-state index is 0.00928. The van der Waals surface area contributed by atoms with E-state index in [0.29, 0.717) is 12.8 Å². The van der Waals surface area contributed by atoms with Crippen LogP contribution in [-0.4, -0.2) is 40.8 Å². The van der Waals surface area contributed by atoms with E-state index in [0.717, 1.165) is 0 Å². The number of nitrogens with one attached hydrogen (secondary N) is 2. The number of ether oxygens (including phenoxy) is 2. The summed E-state index contributed by atoms with van der Waals surface area (Å²) >= 11 is 0. The zero-order valence-corrected chi connectivity index (χ0v) is 18.5. The Bertz CT molecular complexity index is 766. The maximum Gasteiger partial charge on any atom is 0.407 e. The third-order valence-corrected chi connectivity index (χ3v) is 3.60. The Morgan fingerprint density at radius 2 is 1.42 bits per heavy atom. The van der Waals surface area contributed by atoms with Gasteiger partial charge in [0.25, 0.3) is 11.9 Å². The van der Waals surface area contributed by atoms with Crippen molar-refractivity contribution in [1.82, 2.24) is 10.3 Å². The van der Waals surface area contributed by atoms with Crippen LogP contribution in [0.15, 0.2) is 0 Å². The minimum Gasteiger partial charge on any atom is -0.458 e. The Balaban J connectivity index is 2.81. The summed E-state index contributed by atoms with van der Waals surface area (Å²) in [7, 11) is 0. The molecule has 1 aromatic heterocycles. The number of hydrogen-bond donors (Lipinski definition) is 2. The number of aromatic nitrogens is 1. The van der Waals surface area contributed by atoms with Gasteiger partial charge in [-0.05, 0) is 60.8 Å². The van der Waals surface area contributed by atoms with Gasteiger partial charge in [0.1, 0.15) is 22.9 Å². The summed E-state index contributed by atoms with van der Waals surface area (Å²) in [6.45, 7) is 10.2. The van der Waals surface area contributed by atoms with Gasteiger partial charge in [0.15, 0.2) is 0 Å². The number of carbonyl (C=O) groups is 2. The molecule has 7 nitrogen and oxygen atoms in total. The van der Waals surface area contributed by atoms with Crippen LogP contribution in [0, 0.1) is 23.5 Å². The van der Waals surface area contributed by atoms with Gasteiger partial charge >= 0.3 is 12.1 Å². The molecule has 1 amide bonds. The first-order valence-corrected chi connectivity index (χ1v) is 9.77. The van der Waals surface area contributed by atoms with Crippen LogP contribution in [0.3, 0.4) is 0 Å². The molecule has 0 aromatic carbocycles. The molecule has 0 aliphatic rings. The van der Waals surface area contributed by atoms with Crippen molar-refractivity contribution in [3.8, 4) is 0 Å². The predicted octanol–water partition coefficient (Wildman–Crippen LogP) is 4.46. The molecule has 0 bridgehead atoms. The molecule has 0 fully saturated rings. The zero-order chi connectivity index (χ0) is 24.0. The van der Waals surface area contributed by atoms with Crippen LogP contribution in [0.2, 0.25) is 0 Å². The number of unbranched alkanes of at least 4 members (excludes halogenated alkanes) is 1. The monoisotopic (exact) mass is 451 g/mol. The Morgan fingerprint density at radius 3 is 1.90 bits per heavy atom. The number of rotatable bonds is 8. The highest BCUT2D eigenvalue weighted by atomic mass is 19.2. The first-order valence-electron chi connectivity index (χ1n) is 9.77. The fraction of sp³-hybridized carbons (Fsp3) is 0.650. The number of anilines is 1. The van der Waals surface area contributed by atoms with E-state index in [4.69, 9.17) is 9.47 Å². The molecular weight excluding hydrogens is 422 g/mol. The lowest BCUT2D eigenvalue weighted by atomic mass is 10.1. The lowest BCUT2D eigenvalue weighted by Gasteiger charge is -2.25. The van der Waals surface area contributed by atoms with Crippen molar-refractivity contribution < 1.29 is 36.6 Å². The van der Waals surface area contributed by atoms with Crippen molar-refractivity contribution in [1.29, 1.82) is 0 Å². The van der Waals surface area contributed by atoms with Gasteiger partial charge in [-0.15, -0.1) is 0 Å². The largest absolute Gasteiger partial charge is 0.458 e. The van der Waals surface area contributed by atoms with Crippen LogP contribution in [0.25, 0.3) is 0 Å². The maximum absolute atomic E-state index is 14.0. The summed E-state index contributed by atoms with van der Waals surface area (Å²) in [5.41, 5.74) is -2.70. The quantitative estimate of drug-likeness (QED) is 0.263. The number of alkyl carbamates (subject to hydrolysis) is 1. The number of nitrogens with zero attached hydrogens (tertiary/aromatic N) is 1. The average Bonchev–Trinajstić information content (AvgIpc) is 2.58. The van der Waals surface area contributed by atoms with Crippen LogP contribution in [0.4, 0.5) is 28.0 Å². The van der Waals surface area contributed by atoms with Gasteiger partial charge in [0.05, 0.1) is 0 Å². The topological polar surface area (TPSA) is 89.5 Å². The SMILES string of the molecule is CC(C)(C)OC(=O)NCCCCC(Nc1c(F)c(F)nc(F)c1F)C(=O)OC(C)(C)C. The molecule has 11 heteroatoms. The average molecular weight is 451 g/mol. The summed E-state index contributed by atoms with van der Waals surface area (Å²) in [6, 6.07) is -1.30. The van der Waals surface area contributed by atoms with Crippen molar-refractivity contribution >= 4 is 17.7 Å². The van der Waals surface area contributed by atoms with Crippen LogP contribution >= 0.6 is 0 Å². The molecule has 0 aliphatic heterocycles. The van der Waals surface area contributed by atoms with Gasteiger partial charge in [-0.2, -0.15) is 22.5 Å². The number of halogens is 4. The van der Waals surface area contributed by atoms with Crippen LogP contribution in [0.5, 0.6) is 0 Å². The van der Waals surface area contributed by atoms with Gasteiger partial charge in [0, 0.05) is 6.54 Å². The van der Waals surface area contributed by atoms with Crippen molar-refractivity contribution in [2.45, 2.75) is 78.0 Å². The van der Waals surface area contributed by atoms with Crippen molar-refractivity contribution in [2.24, 2.45) is 0 Å². The Hall–Kier alpha value is -2.59. The van der Waals surface area contributed by atoms with Crippen molar-refractivity contribution in [2.75, 3.05) is 11.9 Å². The fourth-order valence-corrected chi connectivity index (χ4v) is 2.39. The normalized spacial score (nSPS) is 12.8. The van der Waals surface area contributed by atoms with E-state index in [1.54, 1.807) is 41.5 Å². The molecule has 0 spiro atoms. The molecular formula is C20H29F4N3O4. The van der Waals surface area contributed by atoms with Crippen LogP contribution in [-0.2, 0) is 14.3 Å². The van der Waals surface area contributed by atoms with Gasteiger partial charge < -0.3 is 20.1 Å². The molecule has 0 saturated carbocycles. The number of amides is 1. The van der Waals surface area contributed by atoms with Gasteiger partial charge in [-0.3, -0.25) is 0 Å². The Morgan fingerprint density at radius 1 is 0.903 bits per heavy atom. The maximum atomic E-state index is 14.0. The second-order valence-electron chi connectivity index (χ2n) is 8.85. The lowest BCUT2D eigenvalue weighted by Crippen LogP contribution is -2.37. The van der Waals surface area contributed by atoms with E-state index >= 15 is 0 Å². The highest BCUT2D eigenvalue weighted by Crippen LogP contribution is 2.24. The van der Waals surface area contributed by atoms with Gasteiger partial charge in [-0.1, -0.05) is 0 Å². The first kappa shape index (κ1) is 26.4. The number of pyridine rings is 1. The lowest BCUT2D eigenvalue weighted by molar-refractivity contribution is -0.156. The summed E-state index contributed by atoms with van der Waals surface area (Å²) < 4.78 is 65.0. The molecule has 0 radical (unpaired) electrons. The van der Waals surface area contributed by atoms with E-state index < -0.39 is 58.5 Å². The summed E-state index contributed by atoms with van der Waals surface area (Å²) in [4.78, 5) is 26.6. The third-order valence-electron chi connectivity index (χ3n) is 3.60. The number of esters is 1. The van der Waals surface area contributed by atoms with E-state index in [2.05, 4.69) is 15.6 Å². The molecule has 31 heavy (non-hydrogen) atoms. The van der Waals surface area contributed by atoms with E-state index in [-0.39, 0.29) is 13.0 Å². The standard InChI is InChI=1S/C20H29F4N3O4/c1-19(2,3)30-17(28)11(9-7-8-10-25-18(29)31-20(4,5)6)26-14-12(21)15(23)27-16(24)13(14)22/h11H,7-10H2,1-6H3,(H,25,29)(H,26,27). The Kier molecular flexibility index (Phi) is 9.07. The van der Waals surface area contributed by atoms with Crippen LogP contribution in [0.1, 0.15) is 60.8 Å². The second kappa shape index (κ2) is 10.6. The van der Waals surface area contributed by atoms with E-state index in [9.17, 15) is 27.2 Å². The molecule has 2 N–H and O–H groups in total. The third kappa shape index (κ3) is 9.39. The number of carbonyl (C=O) groups excluding carboxylic acids is 2. The highest BCUT2D eigenvalue weighted by molar-refractivity contribution is 5.79. The first-order chi connectivity index (χ1) is 14.1. The van der Waals surface area contributed by atoms with Crippen molar-refractivity contribution in [3.05, 3.63) is 23.5 Å². The molecule has 1 aromatic rings. The van der Waals surface area contributed by atoms with Gasteiger partial charge in [0.2, 0.25) is 11.6 Å². The highest BCUT2D eigenvalue weighted by Gasteiger charge is 2.29. The smallest absolute Gasteiger partial charge is 0.407 e. The molecule has 0 saturated heterocycles. The molecule has 1 heterocycles. The van der Waals surface area contributed by atoms with E-state index in [1.165, 1.54) is 0 Å². The summed E-state index contributed by atoms with van der Waals surface area (Å²) in [6.07, 6.45) is 0.104. The van der Waals surface area contributed by atoms with E-state index in [1.807, 2.05) is 0 Å². The molecule has 0 aliphatic carbocycles. The van der Waals surface area contributed by atoms with Crippen molar-refractivity contribution in [3.63, 3.8) is 0 Å². The molecule has 1 unspecified atom stereocenters. The summed E-state index contributed by atoms with van der Waals surface area (Å²) in [5.74, 6) is -8.04. The van der Waals surface area contributed by atoms with Crippen LogP contribution < -0.4 is 10.6 Å². The predicted molar refractivity (Wildman–Crippen MR) is 105 cm³/mol. The molecule has 1 atom stereocenters. The fourth-order valence-electron chi connectivity index (χ4n) is 2.39.